The molecule has 246 valence electrons. The summed E-state index contributed by atoms with van der Waals surface area (Å²) in [6.45, 7) is 0. The maximum absolute atomic E-state index is 2.42. The van der Waals surface area contributed by atoms with Crippen molar-refractivity contribution in [1.82, 2.24) is 0 Å². The van der Waals surface area contributed by atoms with E-state index in [1.165, 1.54) is 98.3 Å². The standard InChI is InChI=1S/C50H41N/c1-3-14-39(15-4-1)46-25-12-18-41-19-13-26-48(50(41)46)47-23-9-10-27-49(47)51(42-20-5-2-6-21-42)43-34-32-37(33-35-43)36-28-30-40(31-29-36)45-24-11-17-38-16-7-8-22-44(38)45/h2,5-13,16-35,39H,1,3-4,14-15H2. The number of benzene rings is 8. The summed E-state index contributed by atoms with van der Waals surface area (Å²) in [6.07, 6.45) is 6.57. The van der Waals surface area contributed by atoms with Crippen LogP contribution in [0.4, 0.5) is 17.1 Å². The summed E-state index contributed by atoms with van der Waals surface area (Å²) >= 11 is 0. The minimum atomic E-state index is 0.620. The third-order valence-corrected chi connectivity index (χ3v) is 10.9. The fourth-order valence-electron chi connectivity index (χ4n) is 8.37. The van der Waals surface area contributed by atoms with Gasteiger partial charge in [0.15, 0.2) is 0 Å². The summed E-state index contributed by atoms with van der Waals surface area (Å²) in [4.78, 5) is 2.42. The molecule has 1 fully saturated rings. The van der Waals surface area contributed by atoms with Crippen molar-refractivity contribution in [1.29, 1.82) is 0 Å². The van der Waals surface area contributed by atoms with E-state index in [0.29, 0.717) is 5.92 Å². The highest BCUT2D eigenvalue weighted by Crippen LogP contribution is 2.45. The first kappa shape index (κ1) is 31.1. The van der Waals surface area contributed by atoms with Crippen LogP contribution in [0.15, 0.2) is 182 Å². The molecule has 1 saturated carbocycles. The maximum atomic E-state index is 2.42. The molecule has 8 aromatic rings. The summed E-state index contributed by atoms with van der Waals surface area (Å²) in [7, 11) is 0. The Kier molecular flexibility index (Phi) is 8.39. The normalized spacial score (nSPS) is 13.4. The first-order chi connectivity index (χ1) is 25.3. The van der Waals surface area contributed by atoms with Crippen molar-refractivity contribution in [2.75, 3.05) is 4.90 Å². The largest absolute Gasteiger partial charge is 0.310 e. The second kappa shape index (κ2) is 13.8. The predicted molar refractivity (Wildman–Crippen MR) is 218 cm³/mol. The van der Waals surface area contributed by atoms with Gasteiger partial charge in [0.2, 0.25) is 0 Å². The van der Waals surface area contributed by atoms with Crippen molar-refractivity contribution in [2.45, 2.75) is 38.0 Å². The molecule has 0 amide bonds. The van der Waals surface area contributed by atoms with Crippen LogP contribution in [0.5, 0.6) is 0 Å². The molecular formula is C50H41N. The molecule has 8 aromatic carbocycles. The molecule has 1 aliphatic carbocycles. The quantitative estimate of drug-likeness (QED) is 0.165. The van der Waals surface area contributed by atoms with Crippen LogP contribution in [0.25, 0.3) is 54.9 Å². The summed E-state index contributed by atoms with van der Waals surface area (Å²) in [5.74, 6) is 0.620. The van der Waals surface area contributed by atoms with Crippen molar-refractivity contribution in [3.05, 3.63) is 188 Å². The molecule has 1 aliphatic rings. The molecule has 1 nitrogen and oxygen atoms in total. The Bertz CT molecular complexity index is 2420. The van der Waals surface area contributed by atoms with E-state index in [2.05, 4.69) is 187 Å². The van der Waals surface area contributed by atoms with Crippen LogP contribution >= 0.6 is 0 Å². The smallest absolute Gasteiger partial charge is 0.0540 e. The highest BCUT2D eigenvalue weighted by molar-refractivity contribution is 6.03. The molecule has 0 saturated heterocycles. The number of hydrogen-bond donors (Lipinski definition) is 0. The monoisotopic (exact) mass is 655 g/mol. The van der Waals surface area contributed by atoms with Gasteiger partial charge in [0, 0.05) is 16.9 Å². The zero-order valence-electron chi connectivity index (χ0n) is 28.9. The van der Waals surface area contributed by atoms with Gasteiger partial charge < -0.3 is 4.90 Å². The Morgan fingerprint density at radius 3 is 1.71 bits per heavy atom. The van der Waals surface area contributed by atoms with Gasteiger partial charge in [-0.2, -0.15) is 0 Å². The molecule has 0 atom stereocenters. The lowest BCUT2D eigenvalue weighted by molar-refractivity contribution is 0.445. The van der Waals surface area contributed by atoms with Gasteiger partial charge in [0.05, 0.1) is 5.69 Å². The lowest BCUT2D eigenvalue weighted by Gasteiger charge is -2.29. The molecule has 9 rings (SSSR count). The van der Waals surface area contributed by atoms with Crippen LogP contribution in [-0.4, -0.2) is 0 Å². The topological polar surface area (TPSA) is 3.24 Å². The molecule has 0 unspecified atom stereocenters. The Morgan fingerprint density at radius 1 is 0.373 bits per heavy atom. The van der Waals surface area contributed by atoms with Crippen molar-refractivity contribution in [3.63, 3.8) is 0 Å². The number of fused-ring (bicyclic) bond motifs is 2. The van der Waals surface area contributed by atoms with E-state index < -0.39 is 0 Å². The van der Waals surface area contributed by atoms with Crippen LogP contribution in [0.2, 0.25) is 0 Å². The molecule has 0 bridgehead atoms. The second-order valence-corrected chi connectivity index (χ2v) is 13.9. The van der Waals surface area contributed by atoms with Crippen molar-refractivity contribution in [3.8, 4) is 33.4 Å². The maximum Gasteiger partial charge on any atom is 0.0540 e. The van der Waals surface area contributed by atoms with Gasteiger partial charge in [-0.05, 0) is 104 Å². The Hall–Kier alpha value is -5.92. The van der Waals surface area contributed by atoms with Gasteiger partial charge in [-0.25, -0.2) is 0 Å². The van der Waals surface area contributed by atoms with Gasteiger partial charge in [0.25, 0.3) is 0 Å². The zero-order valence-corrected chi connectivity index (χ0v) is 28.9. The van der Waals surface area contributed by atoms with Crippen LogP contribution in [0, 0.1) is 0 Å². The van der Waals surface area contributed by atoms with Crippen LogP contribution in [0.3, 0.4) is 0 Å². The SMILES string of the molecule is c1ccc(N(c2ccc(-c3ccc(-c4cccc5ccccc45)cc3)cc2)c2ccccc2-c2cccc3cccc(C4CCCCC4)c23)cc1. The van der Waals surface area contributed by atoms with E-state index in [0.717, 1.165) is 11.4 Å². The minimum Gasteiger partial charge on any atom is -0.310 e. The zero-order chi connectivity index (χ0) is 34.0. The molecule has 0 aliphatic heterocycles. The highest BCUT2D eigenvalue weighted by Gasteiger charge is 2.22. The molecule has 1 heteroatoms. The van der Waals surface area contributed by atoms with Crippen LogP contribution in [0.1, 0.15) is 43.6 Å². The molecular weight excluding hydrogens is 615 g/mol. The summed E-state index contributed by atoms with van der Waals surface area (Å²) in [6, 6.07) is 66.8. The number of para-hydroxylation sites is 2. The average Bonchev–Trinajstić information content (AvgIpc) is 3.21. The van der Waals surface area contributed by atoms with Gasteiger partial charge in [-0.1, -0.05) is 171 Å². The Labute approximate surface area is 301 Å². The first-order valence-electron chi connectivity index (χ1n) is 18.5. The second-order valence-electron chi connectivity index (χ2n) is 13.9. The first-order valence-corrected chi connectivity index (χ1v) is 18.5. The van der Waals surface area contributed by atoms with Gasteiger partial charge in [-0.15, -0.1) is 0 Å². The molecule has 0 radical (unpaired) electrons. The molecule has 0 N–H and O–H groups in total. The fourth-order valence-corrected chi connectivity index (χ4v) is 8.37. The summed E-state index contributed by atoms with van der Waals surface area (Å²) in [5.41, 5.74) is 12.5. The van der Waals surface area contributed by atoms with Crippen LogP contribution in [-0.2, 0) is 0 Å². The summed E-state index contributed by atoms with van der Waals surface area (Å²) < 4.78 is 0. The number of hydrogen-bond acceptors (Lipinski definition) is 1. The molecule has 0 aromatic heterocycles. The van der Waals surface area contributed by atoms with E-state index in [9.17, 15) is 0 Å². The predicted octanol–water partition coefficient (Wildman–Crippen LogP) is 14.5. The van der Waals surface area contributed by atoms with Gasteiger partial charge in [0.1, 0.15) is 0 Å². The average molecular weight is 656 g/mol. The molecule has 0 heterocycles. The lowest BCUT2D eigenvalue weighted by atomic mass is 9.80. The lowest BCUT2D eigenvalue weighted by Crippen LogP contribution is -2.11. The fraction of sp³-hybridized carbons (Fsp3) is 0.120. The Morgan fingerprint density at radius 2 is 0.922 bits per heavy atom. The minimum absolute atomic E-state index is 0.620. The van der Waals surface area contributed by atoms with Crippen molar-refractivity contribution < 1.29 is 0 Å². The molecule has 51 heavy (non-hydrogen) atoms. The van der Waals surface area contributed by atoms with Crippen molar-refractivity contribution in [2.24, 2.45) is 0 Å². The number of anilines is 3. The van der Waals surface area contributed by atoms with Gasteiger partial charge in [-0.3, -0.25) is 0 Å². The van der Waals surface area contributed by atoms with E-state index in [1.54, 1.807) is 0 Å². The Balaban J connectivity index is 1.11. The number of nitrogens with zero attached hydrogens (tertiary/aromatic N) is 1. The summed E-state index contributed by atoms with van der Waals surface area (Å²) in [5, 5.41) is 5.29. The van der Waals surface area contributed by atoms with E-state index in [4.69, 9.17) is 0 Å². The molecule has 0 spiro atoms. The van der Waals surface area contributed by atoms with Crippen molar-refractivity contribution >= 4 is 38.6 Å². The number of rotatable bonds is 7. The van der Waals surface area contributed by atoms with E-state index in [-0.39, 0.29) is 0 Å². The third-order valence-electron chi connectivity index (χ3n) is 10.9. The van der Waals surface area contributed by atoms with E-state index in [1.807, 2.05) is 0 Å². The van der Waals surface area contributed by atoms with Gasteiger partial charge >= 0.3 is 0 Å². The van der Waals surface area contributed by atoms with Crippen LogP contribution < -0.4 is 4.90 Å². The van der Waals surface area contributed by atoms with E-state index >= 15 is 0 Å². The highest BCUT2D eigenvalue weighted by atomic mass is 15.1. The third kappa shape index (κ3) is 6.00.